The van der Waals surface area contributed by atoms with Crippen LogP contribution in [0.3, 0.4) is 0 Å². The van der Waals surface area contributed by atoms with Crippen LogP contribution in [0.25, 0.3) is 0 Å². The van der Waals surface area contributed by atoms with Gasteiger partial charge in [0.1, 0.15) is 5.75 Å². The standard InChI is InChI=1S/C18H19N3OS/c1-22-15-9-5-8-14(12-15)19-18(23)21-20-17-11-4-7-13-6-2-3-10-16(13)17/h2-3,5-6,8-10,12H,4,7,11H2,1H3,(H2,19,21,23)/b20-17-. The Morgan fingerprint density at radius 3 is 2.87 bits per heavy atom. The first-order valence-corrected chi connectivity index (χ1v) is 8.03. The minimum absolute atomic E-state index is 0.466. The second-order valence-electron chi connectivity index (χ2n) is 5.37. The molecular weight excluding hydrogens is 306 g/mol. The van der Waals surface area contributed by atoms with E-state index in [0.29, 0.717) is 5.11 Å². The maximum atomic E-state index is 5.31. The Morgan fingerprint density at radius 1 is 1.13 bits per heavy atom. The Hall–Kier alpha value is -2.40. The molecule has 0 atom stereocenters. The van der Waals surface area contributed by atoms with Crippen molar-refractivity contribution >= 4 is 28.7 Å². The summed E-state index contributed by atoms with van der Waals surface area (Å²) in [5.74, 6) is 0.783. The van der Waals surface area contributed by atoms with Gasteiger partial charge >= 0.3 is 0 Å². The number of rotatable bonds is 3. The van der Waals surface area contributed by atoms with E-state index in [2.05, 4.69) is 34.0 Å². The Bertz CT molecular complexity index is 743. The molecular formula is C18H19N3OS. The highest BCUT2D eigenvalue weighted by Crippen LogP contribution is 2.21. The van der Waals surface area contributed by atoms with Gasteiger partial charge in [0.15, 0.2) is 5.11 Å². The number of fused-ring (bicyclic) bond motifs is 1. The molecule has 0 bridgehead atoms. The number of benzene rings is 2. The molecule has 0 heterocycles. The van der Waals surface area contributed by atoms with Crippen molar-refractivity contribution in [1.82, 2.24) is 5.43 Å². The topological polar surface area (TPSA) is 45.6 Å². The molecule has 1 aliphatic carbocycles. The summed E-state index contributed by atoms with van der Waals surface area (Å²) < 4.78 is 5.20. The number of methoxy groups -OCH3 is 1. The van der Waals surface area contributed by atoms with Crippen molar-refractivity contribution in [2.24, 2.45) is 5.10 Å². The van der Waals surface area contributed by atoms with Crippen LogP contribution in [-0.2, 0) is 6.42 Å². The number of hydrogen-bond acceptors (Lipinski definition) is 3. The summed E-state index contributed by atoms with van der Waals surface area (Å²) in [6, 6.07) is 16.0. The monoisotopic (exact) mass is 325 g/mol. The van der Waals surface area contributed by atoms with Crippen molar-refractivity contribution < 1.29 is 4.74 Å². The van der Waals surface area contributed by atoms with Gasteiger partial charge in [-0.1, -0.05) is 30.3 Å². The number of thiocarbonyl (C=S) groups is 1. The molecule has 0 saturated heterocycles. The molecule has 0 unspecified atom stereocenters. The Labute approximate surface area is 141 Å². The number of anilines is 1. The molecule has 3 rings (SSSR count). The normalized spacial score (nSPS) is 14.9. The number of nitrogens with one attached hydrogen (secondary N) is 2. The highest BCUT2D eigenvalue weighted by Gasteiger charge is 2.14. The molecule has 23 heavy (non-hydrogen) atoms. The molecule has 4 nitrogen and oxygen atoms in total. The zero-order valence-electron chi connectivity index (χ0n) is 13.0. The van der Waals surface area contributed by atoms with Gasteiger partial charge in [0, 0.05) is 17.3 Å². The van der Waals surface area contributed by atoms with Gasteiger partial charge in [-0.2, -0.15) is 5.10 Å². The summed E-state index contributed by atoms with van der Waals surface area (Å²) in [4.78, 5) is 0. The van der Waals surface area contributed by atoms with Crippen LogP contribution >= 0.6 is 12.2 Å². The van der Waals surface area contributed by atoms with Crippen molar-refractivity contribution in [2.75, 3.05) is 12.4 Å². The first-order valence-electron chi connectivity index (χ1n) is 7.62. The quantitative estimate of drug-likeness (QED) is 0.667. The number of nitrogens with zero attached hydrogens (tertiary/aromatic N) is 1. The van der Waals surface area contributed by atoms with Crippen molar-refractivity contribution in [2.45, 2.75) is 19.3 Å². The lowest BCUT2D eigenvalue weighted by Crippen LogP contribution is -2.26. The molecule has 0 aliphatic heterocycles. The first kappa shape index (κ1) is 15.5. The van der Waals surface area contributed by atoms with E-state index in [0.717, 1.165) is 36.4 Å². The Balaban J connectivity index is 1.67. The second-order valence-corrected chi connectivity index (χ2v) is 5.78. The summed E-state index contributed by atoms with van der Waals surface area (Å²) in [6.07, 6.45) is 3.20. The van der Waals surface area contributed by atoms with E-state index in [1.807, 2.05) is 30.3 Å². The van der Waals surface area contributed by atoms with E-state index in [1.165, 1.54) is 11.1 Å². The maximum absolute atomic E-state index is 5.31. The van der Waals surface area contributed by atoms with Crippen molar-refractivity contribution in [3.05, 3.63) is 59.7 Å². The second kappa shape index (κ2) is 7.24. The zero-order valence-corrected chi connectivity index (χ0v) is 13.8. The van der Waals surface area contributed by atoms with Crippen LogP contribution in [-0.4, -0.2) is 17.9 Å². The van der Waals surface area contributed by atoms with Gasteiger partial charge in [-0.3, -0.25) is 5.43 Å². The fourth-order valence-electron chi connectivity index (χ4n) is 2.70. The Kier molecular flexibility index (Phi) is 4.88. The molecule has 0 spiro atoms. The van der Waals surface area contributed by atoms with Gasteiger partial charge in [-0.05, 0) is 49.2 Å². The van der Waals surface area contributed by atoms with Crippen LogP contribution < -0.4 is 15.5 Å². The molecule has 5 heteroatoms. The van der Waals surface area contributed by atoms with Crippen molar-refractivity contribution in [3.8, 4) is 5.75 Å². The third-order valence-corrected chi connectivity index (χ3v) is 4.00. The number of hydrazone groups is 1. The van der Waals surface area contributed by atoms with E-state index >= 15 is 0 Å². The molecule has 0 radical (unpaired) electrons. The van der Waals surface area contributed by atoms with E-state index in [1.54, 1.807) is 7.11 Å². The highest BCUT2D eigenvalue weighted by atomic mass is 32.1. The third kappa shape index (κ3) is 3.87. The summed E-state index contributed by atoms with van der Waals surface area (Å²) in [6.45, 7) is 0. The largest absolute Gasteiger partial charge is 0.497 e. The van der Waals surface area contributed by atoms with E-state index in [9.17, 15) is 0 Å². The molecule has 0 aromatic heterocycles. The smallest absolute Gasteiger partial charge is 0.191 e. The van der Waals surface area contributed by atoms with Crippen LogP contribution in [0.1, 0.15) is 24.0 Å². The van der Waals surface area contributed by atoms with Gasteiger partial charge in [-0.15, -0.1) is 0 Å². The fraction of sp³-hybridized carbons (Fsp3) is 0.222. The van der Waals surface area contributed by atoms with Gasteiger partial charge in [-0.25, -0.2) is 0 Å². The van der Waals surface area contributed by atoms with E-state index in [4.69, 9.17) is 17.0 Å². The van der Waals surface area contributed by atoms with Gasteiger partial charge in [0.25, 0.3) is 0 Å². The molecule has 0 amide bonds. The third-order valence-electron chi connectivity index (χ3n) is 3.81. The van der Waals surface area contributed by atoms with Gasteiger partial charge < -0.3 is 10.1 Å². The molecule has 118 valence electrons. The van der Waals surface area contributed by atoms with Crippen molar-refractivity contribution in [1.29, 1.82) is 0 Å². The number of hydrogen-bond donors (Lipinski definition) is 2. The average molecular weight is 325 g/mol. The zero-order chi connectivity index (χ0) is 16.1. The van der Waals surface area contributed by atoms with Gasteiger partial charge in [0.2, 0.25) is 0 Å². The van der Waals surface area contributed by atoms with E-state index < -0.39 is 0 Å². The summed E-state index contributed by atoms with van der Waals surface area (Å²) in [5, 5.41) is 8.07. The van der Waals surface area contributed by atoms with Crippen LogP contribution in [0.5, 0.6) is 5.75 Å². The van der Waals surface area contributed by atoms with Crippen LogP contribution in [0.2, 0.25) is 0 Å². The van der Waals surface area contributed by atoms with Crippen molar-refractivity contribution in [3.63, 3.8) is 0 Å². The minimum Gasteiger partial charge on any atom is -0.497 e. The molecule has 1 aliphatic rings. The fourth-order valence-corrected chi connectivity index (χ4v) is 2.86. The van der Waals surface area contributed by atoms with Crippen LogP contribution in [0.15, 0.2) is 53.6 Å². The lowest BCUT2D eigenvalue weighted by Gasteiger charge is -2.18. The summed E-state index contributed by atoms with van der Waals surface area (Å²) in [7, 11) is 1.64. The molecule has 2 aromatic rings. The molecule has 2 aromatic carbocycles. The van der Waals surface area contributed by atoms with E-state index in [-0.39, 0.29) is 0 Å². The first-order chi connectivity index (χ1) is 11.3. The van der Waals surface area contributed by atoms with Crippen LogP contribution in [0.4, 0.5) is 5.69 Å². The predicted molar refractivity (Wildman–Crippen MR) is 98.3 cm³/mol. The summed E-state index contributed by atoms with van der Waals surface area (Å²) in [5.41, 5.74) is 7.44. The Morgan fingerprint density at radius 2 is 2.00 bits per heavy atom. The number of ether oxygens (including phenoxy) is 1. The summed E-state index contributed by atoms with van der Waals surface area (Å²) >= 11 is 5.31. The van der Waals surface area contributed by atoms with Crippen LogP contribution in [0, 0.1) is 0 Å². The average Bonchev–Trinajstić information content (AvgIpc) is 2.60. The lowest BCUT2D eigenvalue weighted by atomic mass is 9.90. The molecule has 2 N–H and O–H groups in total. The predicted octanol–water partition coefficient (Wildman–Crippen LogP) is 3.72. The molecule has 0 fully saturated rings. The minimum atomic E-state index is 0.466. The highest BCUT2D eigenvalue weighted by molar-refractivity contribution is 7.80. The lowest BCUT2D eigenvalue weighted by molar-refractivity contribution is 0.415. The maximum Gasteiger partial charge on any atom is 0.191 e. The molecule has 0 saturated carbocycles. The SMILES string of the molecule is COc1cccc(NC(=S)N/N=C2/CCCc3ccccc32)c1. The van der Waals surface area contributed by atoms with Gasteiger partial charge in [0.05, 0.1) is 12.8 Å². The number of aryl methyl sites for hydroxylation is 1.